The molecule has 0 saturated carbocycles. The number of nitrogens with one attached hydrogen (secondary N) is 1. The lowest BCUT2D eigenvalue weighted by atomic mass is 10.1. The lowest BCUT2D eigenvalue weighted by molar-refractivity contribution is 0.102. The van der Waals surface area contributed by atoms with Gasteiger partial charge in [-0.25, -0.2) is 0 Å². The molecule has 114 valence electrons. The van der Waals surface area contributed by atoms with Crippen LogP contribution in [0.25, 0.3) is 0 Å². The third kappa shape index (κ3) is 2.83. The number of benzene rings is 2. The maximum atomic E-state index is 12.4. The molecule has 0 aromatic heterocycles. The van der Waals surface area contributed by atoms with E-state index in [0.29, 0.717) is 30.3 Å². The third-order valence-corrected chi connectivity index (χ3v) is 3.49. The summed E-state index contributed by atoms with van der Waals surface area (Å²) in [5.74, 6) is 1.84. The van der Waals surface area contributed by atoms with E-state index < -0.39 is 0 Å². The third-order valence-electron chi connectivity index (χ3n) is 3.49. The molecule has 3 rings (SSSR count). The van der Waals surface area contributed by atoms with E-state index >= 15 is 0 Å². The summed E-state index contributed by atoms with van der Waals surface area (Å²) in [6.07, 6.45) is 0. The molecule has 2 aromatic carbocycles. The van der Waals surface area contributed by atoms with Gasteiger partial charge in [0.1, 0.15) is 19.0 Å². The van der Waals surface area contributed by atoms with Crippen molar-refractivity contribution in [3.8, 4) is 17.2 Å². The molecule has 1 aliphatic rings. The summed E-state index contributed by atoms with van der Waals surface area (Å²) in [4.78, 5) is 12.4. The average molecular weight is 299 g/mol. The van der Waals surface area contributed by atoms with Gasteiger partial charge in [-0.3, -0.25) is 4.79 Å². The summed E-state index contributed by atoms with van der Waals surface area (Å²) < 4.78 is 16.1. The molecule has 1 amide bonds. The number of aryl methyl sites for hydroxylation is 1. The van der Waals surface area contributed by atoms with Gasteiger partial charge < -0.3 is 19.5 Å². The summed E-state index contributed by atoms with van der Waals surface area (Å²) in [6.45, 7) is 2.95. The number of methoxy groups -OCH3 is 1. The summed E-state index contributed by atoms with van der Waals surface area (Å²) in [7, 11) is 1.61. The van der Waals surface area contributed by atoms with Crippen molar-refractivity contribution in [2.75, 3.05) is 25.6 Å². The Balaban J connectivity index is 1.80. The monoisotopic (exact) mass is 299 g/mol. The highest BCUT2D eigenvalue weighted by atomic mass is 16.6. The van der Waals surface area contributed by atoms with Crippen LogP contribution in [0, 0.1) is 6.92 Å². The molecule has 0 radical (unpaired) electrons. The fourth-order valence-corrected chi connectivity index (χ4v) is 2.28. The minimum Gasteiger partial charge on any atom is -0.497 e. The van der Waals surface area contributed by atoms with E-state index in [1.54, 1.807) is 25.3 Å². The van der Waals surface area contributed by atoms with Gasteiger partial charge in [-0.1, -0.05) is 0 Å². The predicted octanol–water partition coefficient (Wildman–Crippen LogP) is 3.03. The largest absolute Gasteiger partial charge is 0.497 e. The van der Waals surface area contributed by atoms with Crippen molar-refractivity contribution in [3.05, 3.63) is 47.5 Å². The predicted molar refractivity (Wildman–Crippen MR) is 83.1 cm³/mol. The van der Waals surface area contributed by atoms with Crippen molar-refractivity contribution in [1.29, 1.82) is 0 Å². The summed E-state index contributed by atoms with van der Waals surface area (Å²) in [6, 6.07) is 10.7. The van der Waals surface area contributed by atoms with Gasteiger partial charge in [-0.15, -0.1) is 0 Å². The molecule has 0 fully saturated rings. The topological polar surface area (TPSA) is 56.8 Å². The van der Waals surface area contributed by atoms with Crippen molar-refractivity contribution in [2.45, 2.75) is 6.92 Å². The Kier molecular flexibility index (Phi) is 3.87. The first kappa shape index (κ1) is 14.3. The molecule has 1 N–H and O–H groups in total. The standard InChI is InChI=1S/C17H17NO4/c1-11-9-13(20-2)4-5-14(11)18-17(19)12-3-6-15-16(10-12)22-8-7-21-15/h3-6,9-10H,7-8H2,1-2H3,(H,18,19). The van der Waals surface area contributed by atoms with E-state index in [0.717, 1.165) is 17.0 Å². The van der Waals surface area contributed by atoms with Crippen molar-refractivity contribution < 1.29 is 19.0 Å². The fraction of sp³-hybridized carbons (Fsp3) is 0.235. The van der Waals surface area contributed by atoms with Gasteiger partial charge in [0, 0.05) is 11.3 Å². The molecule has 0 saturated heterocycles. The molecule has 2 aromatic rings. The number of anilines is 1. The lowest BCUT2D eigenvalue weighted by Crippen LogP contribution is -2.17. The van der Waals surface area contributed by atoms with E-state index in [1.807, 2.05) is 25.1 Å². The Labute approximate surface area is 128 Å². The quantitative estimate of drug-likeness (QED) is 0.946. The Bertz CT molecular complexity index is 712. The highest BCUT2D eigenvalue weighted by Crippen LogP contribution is 2.31. The van der Waals surface area contributed by atoms with E-state index in [-0.39, 0.29) is 5.91 Å². The van der Waals surface area contributed by atoms with E-state index in [9.17, 15) is 4.79 Å². The zero-order valence-corrected chi connectivity index (χ0v) is 12.5. The smallest absolute Gasteiger partial charge is 0.255 e. The van der Waals surface area contributed by atoms with Crippen LogP contribution in [-0.4, -0.2) is 26.2 Å². The van der Waals surface area contributed by atoms with Crippen LogP contribution >= 0.6 is 0 Å². The molecule has 22 heavy (non-hydrogen) atoms. The van der Waals surface area contributed by atoms with Crippen molar-refractivity contribution >= 4 is 11.6 Å². The van der Waals surface area contributed by atoms with Crippen LogP contribution in [0.5, 0.6) is 17.2 Å². The SMILES string of the molecule is COc1ccc(NC(=O)c2ccc3c(c2)OCCO3)c(C)c1. The number of carbonyl (C=O) groups excluding carboxylic acids is 1. The molecule has 0 aliphatic carbocycles. The van der Waals surface area contributed by atoms with E-state index in [4.69, 9.17) is 14.2 Å². The Morgan fingerprint density at radius 1 is 1.09 bits per heavy atom. The summed E-state index contributed by atoms with van der Waals surface area (Å²) in [5.41, 5.74) is 2.21. The van der Waals surface area contributed by atoms with Gasteiger partial charge in [-0.2, -0.15) is 0 Å². The minimum absolute atomic E-state index is 0.190. The molecule has 0 spiro atoms. The van der Waals surface area contributed by atoms with Crippen molar-refractivity contribution in [3.63, 3.8) is 0 Å². The first-order valence-corrected chi connectivity index (χ1v) is 7.03. The first-order chi connectivity index (χ1) is 10.7. The molecular weight excluding hydrogens is 282 g/mol. The van der Waals surface area contributed by atoms with Crippen LogP contribution in [0.4, 0.5) is 5.69 Å². The van der Waals surface area contributed by atoms with Gasteiger partial charge in [0.15, 0.2) is 11.5 Å². The van der Waals surface area contributed by atoms with Crippen LogP contribution < -0.4 is 19.5 Å². The summed E-state index contributed by atoms with van der Waals surface area (Å²) >= 11 is 0. The van der Waals surface area contributed by atoms with Gasteiger partial charge >= 0.3 is 0 Å². The molecule has 5 nitrogen and oxygen atoms in total. The van der Waals surface area contributed by atoms with E-state index in [2.05, 4.69) is 5.32 Å². The molecule has 5 heteroatoms. The zero-order chi connectivity index (χ0) is 15.5. The van der Waals surface area contributed by atoms with Crippen molar-refractivity contribution in [2.24, 2.45) is 0 Å². The number of rotatable bonds is 3. The zero-order valence-electron chi connectivity index (χ0n) is 12.5. The van der Waals surface area contributed by atoms with Crippen LogP contribution in [0.15, 0.2) is 36.4 Å². The second-order valence-electron chi connectivity index (χ2n) is 4.99. The van der Waals surface area contributed by atoms with Gasteiger partial charge in [0.2, 0.25) is 0 Å². The van der Waals surface area contributed by atoms with Crippen molar-refractivity contribution in [1.82, 2.24) is 0 Å². The molecule has 1 aliphatic heterocycles. The Hall–Kier alpha value is -2.69. The molecule has 0 bridgehead atoms. The Morgan fingerprint density at radius 2 is 1.86 bits per heavy atom. The normalized spacial score (nSPS) is 12.6. The first-order valence-electron chi connectivity index (χ1n) is 7.03. The van der Waals surface area contributed by atoms with Crippen LogP contribution in [0.2, 0.25) is 0 Å². The lowest BCUT2D eigenvalue weighted by Gasteiger charge is -2.18. The number of ether oxygens (including phenoxy) is 3. The number of hydrogen-bond donors (Lipinski definition) is 1. The number of fused-ring (bicyclic) bond motifs is 1. The van der Waals surface area contributed by atoms with Crippen LogP contribution in [0.1, 0.15) is 15.9 Å². The van der Waals surface area contributed by atoms with Gasteiger partial charge in [-0.05, 0) is 48.9 Å². The molecular formula is C17H17NO4. The number of amides is 1. The molecule has 0 atom stereocenters. The Morgan fingerprint density at radius 3 is 2.59 bits per heavy atom. The molecule has 0 unspecified atom stereocenters. The maximum Gasteiger partial charge on any atom is 0.255 e. The second kappa shape index (κ2) is 5.97. The maximum absolute atomic E-state index is 12.4. The highest BCUT2D eigenvalue weighted by molar-refractivity contribution is 6.05. The van der Waals surface area contributed by atoms with Crippen LogP contribution in [0.3, 0.4) is 0 Å². The highest BCUT2D eigenvalue weighted by Gasteiger charge is 2.15. The molecule has 1 heterocycles. The van der Waals surface area contributed by atoms with Gasteiger partial charge in [0.25, 0.3) is 5.91 Å². The number of hydrogen-bond acceptors (Lipinski definition) is 4. The minimum atomic E-state index is -0.190. The average Bonchev–Trinajstić information content (AvgIpc) is 2.56. The second-order valence-corrected chi connectivity index (χ2v) is 4.99. The van der Waals surface area contributed by atoms with Gasteiger partial charge in [0.05, 0.1) is 7.11 Å². The van der Waals surface area contributed by atoms with Crippen LogP contribution in [-0.2, 0) is 0 Å². The van der Waals surface area contributed by atoms with E-state index in [1.165, 1.54) is 0 Å². The number of carbonyl (C=O) groups is 1. The fourth-order valence-electron chi connectivity index (χ4n) is 2.28. The summed E-state index contributed by atoms with van der Waals surface area (Å²) in [5, 5.41) is 2.89.